The number of likely N-dealkylation sites (tertiary alicyclic amines) is 1. The Morgan fingerprint density at radius 2 is 2.20 bits per heavy atom. The largest absolute Gasteiger partial charge is 0.341 e. The number of fused-ring (bicyclic) bond motifs is 2. The van der Waals surface area contributed by atoms with Crippen LogP contribution in [0.1, 0.15) is 31.5 Å². The van der Waals surface area contributed by atoms with E-state index >= 15 is 0 Å². The molecule has 7 heteroatoms. The normalized spacial score (nSPS) is 26.8. The highest BCUT2D eigenvalue weighted by atomic mass is 35.5. The van der Waals surface area contributed by atoms with Crippen LogP contribution in [0.5, 0.6) is 0 Å². The van der Waals surface area contributed by atoms with Gasteiger partial charge in [-0.05, 0) is 37.9 Å². The second-order valence-electron chi connectivity index (χ2n) is 5.73. The first-order valence-corrected chi connectivity index (χ1v) is 7.58. The number of aryl methyl sites for hydroxylation is 1. The second kappa shape index (κ2) is 5.69. The fraction of sp³-hybridized carbons (Fsp3) is 0.769. The molecule has 1 amide bonds. The molecule has 2 atom stereocenters. The van der Waals surface area contributed by atoms with E-state index in [1.165, 1.54) is 12.8 Å². The van der Waals surface area contributed by atoms with Crippen molar-refractivity contribution < 1.29 is 4.79 Å². The van der Waals surface area contributed by atoms with E-state index in [4.69, 9.17) is 11.6 Å². The molecule has 1 aromatic heterocycles. The Bertz CT molecular complexity index is 491. The lowest BCUT2D eigenvalue weighted by atomic mass is 10.1. The number of amides is 1. The predicted molar refractivity (Wildman–Crippen MR) is 75.5 cm³/mol. The number of carbonyl (C=O) groups is 1. The van der Waals surface area contributed by atoms with Crippen LogP contribution in [0.25, 0.3) is 0 Å². The number of likely N-dealkylation sites (N-methyl/N-ethyl adjacent to an activating group) is 1. The van der Waals surface area contributed by atoms with Gasteiger partial charge in [-0.2, -0.15) is 0 Å². The monoisotopic (exact) mass is 297 g/mol. The number of hydrogen-bond acceptors (Lipinski definition) is 4. The van der Waals surface area contributed by atoms with E-state index in [0.717, 1.165) is 19.5 Å². The molecule has 2 aliphatic heterocycles. The van der Waals surface area contributed by atoms with E-state index in [-0.39, 0.29) is 11.2 Å². The van der Waals surface area contributed by atoms with E-state index in [0.29, 0.717) is 30.7 Å². The molecule has 3 rings (SSSR count). The van der Waals surface area contributed by atoms with Crippen molar-refractivity contribution in [3.05, 3.63) is 11.1 Å². The fourth-order valence-corrected chi connectivity index (χ4v) is 3.45. The Labute approximate surface area is 123 Å². The number of carbonyl (C=O) groups excluding carboxylic acids is 1. The smallest absolute Gasteiger partial charge is 0.242 e. The summed E-state index contributed by atoms with van der Waals surface area (Å²) >= 11 is 5.65. The first-order valence-electron chi connectivity index (χ1n) is 7.20. The van der Waals surface area contributed by atoms with Crippen molar-refractivity contribution in [3.63, 3.8) is 0 Å². The van der Waals surface area contributed by atoms with Crippen LogP contribution >= 0.6 is 11.6 Å². The molecule has 3 heterocycles. The van der Waals surface area contributed by atoms with Crippen LogP contribution in [0.3, 0.4) is 0 Å². The standard InChI is InChI=1S/C13H20ClN5O/c1-18-9-2-3-10(18)8-19(7-6-9)12(20)5-4-11-15-13(14)17-16-11/h9-10H,2-8H2,1H3,(H,15,16,17)/t9-,10+/m0/s1. The average molecular weight is 298 g/mol. The van der Waals surface area contributed by atoms with Crippen LogP contribution in [0.15, 0.2) is 0 Å². The van der Waals surface area contributed by atoms with Gasteiger partial charge in [-0.3, -0.25) is 14.8 Å². The number of aromatic amines is 1. The van der Waals surface area contributed by atoms with Crippen LogP contribution in [0, 0.1) is 0 Å². The number of aromatic nitrogens is 3. The molecule has 2 fully saturated rings. The summed E-state index contributed by atoms with van der Waals surface area (Å²) in [5, 5.41) is 6.71. The summed E-state index contributed by atoms with van der Waals surface area (Å²) < 4.78 is 0. The quantitative estimate of drug-likeness (QED) is 0.907. The van der Waals surface area contributed by atoms with Crippen LogP contribution in [0.4, 0.5) is 0 Å². The molecule has 0 aromatic carbocycles. The van der Waals surface area contributed by atoms with Crippen molar-refractivity contribution >= 4 is 17.5 Å². The summed E-state index contributed by atoms with van der Waals surface area (Å²) in [6.07, 6.45) is 4.61. The maximum absolute atomic E-state index is 12.3. The van der Waals surface area contributed by atoms with E-state index in [9.17, 15) is 4.79 Å². The van der Waals surface area contributed by atoms with Crippen LogP contribution < -0.4 is 0 Å². The van der Waals surface area contributed by atoms with Gasteiger partial charge in [0.15, 0.2) is 0 Å². The Kier molecular flexibility index (Phi) is 3.94. The summed E-state index contributed by atoms with van der Waals surface area (Å²) in [6, 6.07) is 1.19. The Hall–Kier alpha value is -1.14. The third kappa shape index (κ3) is 2.81. The zero-order valence-corrected chi connectivity index (χ0v) is 12.4. The number of hydrogen-bond donors (Lipinski definition) is 1. The lowest BCUT2D eigenvalue weighted by Crippen LogP contribution is -2.39. The second-order valence-corrected chi connectivity index (χ2v) is 6.07. The molecule has 20 heavy (non-hydrogen) atoms. The highest BCUT2D eigenvalue weighted by Gasteiger charge is 2.35. The molecule has 1 N–H and O–H groups in total. The van der Waals surface area contributed by atoms with Gasteiger partial charge in [0.2, 0.25) is 11.2 Å². The molecule has 0 unspecified atom stereocenters. The summed E-state index contributed by atoms with van der Waals surface area (Å²) in [6.45, 7) is 1.74. The number of nitrogens with zero attached hydrogens (tertiary/aromatic N) is 4. The highest BCUT2D eigenvalue weighted by molar-refractivity contribution is 6.28. The molecule has 0 radical (unpaired) electrons. The Morgan fingerprint density at radius 3 is 2.95 bits per heavy atom. The molecule has 6 nitrogen and oxygen atoms in total. The van der Waals surface area contributed by atoms with Gasteiger partial charge in [-0.15, -0.1) is 5.10 Å². The molecular formula is C13H20ClN5O. The number of H-pyrrole nitrogens is 1. The van der Waals surface area contributed by atoms with Crippen molar-refractivity contribution in [1.82, 2.24) is 25.0 Å². The minimum atomic E-state index is 0.207. The number of nitrogens with one attached hydrogen (secondary N) is 1. The van der Waals surface area contributed by atoms with E-state index in [2.05, 4.69) is 27.1 Å². The minimum absolute atomic E-state index is 0.207. The molecule has 1 aromatic rings. The summed E-state index contributed by atoms with van der Waals surface area (Å²) in [7, 11) is 2.19. The third-order valence-electron chi connectivity index (χ3n) is 4.58. The van der Waals surface area contributed by atoms with Gasteiger partial charge < -0.3 is 4.90 Å². The number of halogens is 1. The first kappa shape index (κ1) is 13.8. The topological polar surface area (TPSA) is 65.1 Å². The molecule has 0 saturated carbocycles. The number of rotatable bonds is 3. The highest BCUT2D eigenvalue weighted by Crippen LogP contribution is 2.28. The van der Waals surface area contributed by atoms with Crippen molar-refractivity contribution in [2.45, 2.75) is 44.2 Å². The van der Waals surface area contributed by atoms with E-state index < -0.39 is 0 Å². The van der Waals surface area contributed by atoms with Crippen molar-refractivity contribution in [3.8, 4) is 0 Å². The summed E-state index contributed by atoms with van der Waals surface area (Å²) in [4.78, 5) is 20.8. The lowest BCUT2D eigenvalue weighted by Gasteiger charge is -2.25. The maximum Gasteiger partial charge on any atom is 0.242 e. The Morgan fingerprint density at radius 1 is 1.40 bits per heavy atom. The van der Waals surface area contributed by atoms with E-state index in [1.54, 1.807) is 0 Å². The summed E-state index contributed by atoms with van der Waals surface area (Å²) in [5.74, 6) is 0.885. The van der Waals surface area contributed by atoms with Gasteiger partial charge in [0.25, 0.3) is 0 Å². The van der Waals surface area contributed by atoms with Crippen LogP contribution in [-0.4, -0.2) is 63.1 Å². The van der Waals surface area contributed by atoms with Gasteiger partial charge in [0, 0.05) is 38.0 Å². The molecule has 2 bridgehead atoms. The van der Waals surface area contributed by atoms with Gasteiger partial charge in [0.1, 0.15) is 5.82 Å². The molecular weight excluding hydrogens is 278 g/mol. The molecule has 110 valence electrons. The maximum atomic E-state index is 12.3. The van der Waals surface area contributed by atoms with Crippen molar-refractivity contribution in [2.75, 3.05) is 20.1 Å². The molecule has 0 aliphatic carbocycles. The van der Waals surface area contributed by atoms with Gasteiger partial charge in [0.05, 0.1) is 0 Å². The fourth-order valence-electron chi connectivity index (χ4n) is 3.30. The van der Waals surface area contributed by atoms with Crippen LogP contribution in [-0.2, 0) is 11.2 Å². The minimum Gasteiger partial charge on any atom is -0.341 e. The summed E-state index contributed by atoms with van der Waals surface area (Å²) in [5.41, 5.74) is 0. The predicted octanol–water partition coefficient (Wildman–Crippen LogP) is 1.09. The average Bonchev–Trinajstić information content (AvgIpc) is 2.91. The van der Waals surface area contributed by atoms with Crippen molar-refractivity contribution in [2.24, 2.45) is 0 Å². The zero-order valence-electron chi connectivity index (χ0n) is 11.7. The van der Waals surface area contributed by atoms with Crippen molar-refractivity contribution in [1.29, 1.82) is 0 Å². The molecule has 2 aliphatic rings. The van der Waals surface area contributed by atoms with Gasteiger partial charge >= 0.3 is 0 Å². The van der Waals surface area contributed by atoms with Crippen LogP contribution in [0.2, 0.25) is 5.28 Å². The third-order valence-corrected chi connectivity index (χ3v) is 4.75. The Balaban J connectivity index is 1.55. The first-order chi connectivity index (χ1) is 9.63. The van der Waals surface area contributed by atoms with E-state index in [1.807, 2.05) is 4.90 Å². The van der Waals surface area contributed by atoms with Gasteiger partial charge in [-0.1, -0.05) is 0 Å². The zero-order chi connectivity index (χ0) is 14.1. The molecule has 0 spiro atoms. The molecule has 2 saturated heterocycles. The van der Waals surface area contributed by atoms with Gasteiger partial charge in [-0.25, -0.2) is 4.98 Å². The SMILES string of the molecule is CN1[C@H]2CC[C@@H]1CN(C(=O)CCc1nc(Cl)n[nH]1)CC2. The lowest BCUT2D eigenvalue weighted by molar-refractivity contribution is -0.131.